The topological polar surface area (TPSA) is 72.2 Å². The minimum atomic E-state index is -1.73. The van der Waals surface area contributed by atoms with Gasteiger partial charge >= 0.3 is 0 Å². The maximum atomic E-state index is 13.6. The van der Waals surface area contributed by atoms with Gasteiger partial charge in [-0.2, -0.15) is 0 Å². The summed E-state index contributed by atoms with van der Waals surface area (Å²) in [7, 11) is 0. The molecule has 2 amide bonds. The summed E-state index contributed by atoms with van der Waals surface area (Å²) in [6, 6.07) is 1.47. The summed E-state index contributed by atoms with van der Waals surface area (Å²) in [5, 5.41) is 2.44. The highest BCUT2D eigenvalue weighted by Crippen LogP contribution is 2.32. The SMILES string of the molecule is Cc1sc(NC(=O)c2ccc(F)c(F)c2F)c(C(N)=O)c1C. The number of benzene rings is 1. The zero-order valence-corrected chi connectivity index (χ0v) is 12.4. The zero-order valence-electron chi connectivity index (χ0n) is 11.6. The Morgan fingerprint density at radius 1 is 1.14 bits per heavy atom. The first kappa shape index (κ1) is 16.0. The molecular weight excluding hydrogens is 317 g/mol. The number of rotatable bonds is 3. The molecule has 1 heterocycles. The average molecular weight is 328 g/mol. The van der Waals surface area contributed by atoms with Crippen molar-refractivity contribution in [1.82, 2.24) is 0 Å². The van der Waals surface area contributed by atoms with Gasteiger partial charge in [-0.15, -0.1) is 11.3 Å². The number of nitrogens with two attached hydrogens (primary N) is 1. The van der Waals surface area contributed by atoms with Gasteiger partial charge in [0.1, 0.15) is 5.00 Å². The molecule has 0 unspecified atom stereocenters. The van der Waals surface area contributed by atoms with Crippen molar-refractivity contribution < 1.29 is 22.8 Å². The fourth-order valence-electron chi connectivity index (χ4n) is 1.88. The molecule has 0 aliphatic rings. The van der Waals surface area contributed by atoms with Crippen molar-refractivity contribution in [2.24, 2.45) is 5.73 Å². The van der Waals surface area contributed by atoms with Crippen LogP contribution >= 0.6 is 11.3 Å². The zero-order chi connectivity index (χ0) is 16.6. The van der Waals surface area contributed by atoms with Crippen LogP contribution in [-0.2, 0) is 0 Å². The Kier molecular flexibility index (Phi) is 4.23. The second kappa shape index (κ2) is 5.80. The molecule has 116 valence electrons. The van der Waals surface area contributed by atoms with E-state index in [0.29, 0.717) is 11.6 Å². The normalized spacial score (nSPS) is 10.6. The van der Waals surface area contributed by atoms with Crippen molar-refractivity contribution in [3.8, 4) is 0 Å². The molecular formula is C14H11F3N2O2S. The van der Waals surface area contributed by atoms with E-state index < -0.39 is 34.8 Å². The van der Waals surface area contributed by atoms with Crippen molar-refractivity contribution in [3.05, 3.63) is 51.2 Å². The molecule has 4 nitrogen and oxygen atoms in total. The highest BCUT2D eigenvalue weighted by atomic mass is 32.1. The number of carbonyl (C=O) groups is 2. The number of halogens is 3. The number of amides is 2. The van der Waals surface area contributed by atoms with Gasteiger partial charge in [-0.1, -0.05) is 0 Å². The Bertz CT molecular complexity index is 787. The lowest BCUT2D eigenvalue weighted by Crippen LogP contribution is -2.18. The van der Waals surface area contributed by atoms with Crippen molar-refractivity contribution >= 4 is 28.2 Å². The molecule has 2 rings (SSSR count). The maximum absolute atomic E-state index is 13.6. The molecule has 3 N–H and O–H groups in total. The molecule has 0 spiro atoms. The quantitative estimate of drug-likeness (QED) is 0.850. The minimum Gasteiger partial charge on any atom is -0.365 e. The molecule has 8 heteroatoms. The van der Waals surface area contributed by atoms with Crippen LogP contribution in [0.3, 0.4) is 0 Å². The van der Waals surface area contributed by atoms with E-state index in [2.05, 4.69) is 5.32 Å². The molecule has 1 aromatic heterocycles. The van der Waals surface area contributed by atoms with Crippen LogP contribution < -0.4 is 11.1 Å². The lowest BCUT2D eigenvalue weighted by Gasteiger charge is -2.07. The van der Waals surface area contributed by atoms with Gasteiger partial charge in [0.05, 0.1) is 11.1 Å². The van der Waals surface area contributed by atoms with E-state index in [1.54, 1.807) is 13.8 Å². The first-order chi connectivity index (χ1) is 10.2. The molecule has 0 saturated carbocycles. The van der Waals surface area contributed by atoms with Crippen molar-refractivity contribution in [1.29, 1.82) is 0 Å². The highest BCUT2D eigenvalue weighted by Gasteiger charge is 2.23. The van der Waals surface area contributed by atoms with Gasteiger partial charge in [-0.3, -0.25) is 9.59 Å². The third kappa shape index (κ3) is 2.69. The molecule has 1 aromatic carbocycles. The van der Waals surface area contributed by atoms with Gasteiger partial charge in [-0.25, -0.2) is 13.2 Å². The van der Waals surface area contributed by atoms with E-state index in [-0.39, 0.29) is 10.6 Å². The van der Waals surface area contributed by atoms with Gasteiger partial charge in [0.2, 0.25) is 0 Å². The fraction of sp³-hybridized carbons (Fsp3) is 0.143. The van der Waals surface area contributed by atoms with E-state index >= 15 is 0 Å². The molecule has 2 aromatic rings. The molecule has 0 aliphatic carbocycles. The van der Waals surface area contributed by atoms with Gasteiger partial charge in [0.25, 0.3) is 11.8 Å². The second-order valence-electron chi connectivity index (χ2n) is 4.53. The third-order valence-electron chi connectivity index (χ3n) is 3.14. The predicted octanol–water partition coefficient (Wildman–Crippen LogP) is 3.13. The molecule has 0 aliphatic heterocycles. The summed E-state index contributed by atoms with van der Waals surface area (Å²) in [4.78, 5) is 24.2. The van der Waals surface area contributed by atoms with Crippen molar-refractivity contribution in [2.75, 3.05) is 5.32 Å². The summed E-state index contributed by atoms with van der Waals surface area (Å²) in [5.74, 6) is -6.47. The summed E-state index contributed by atoms with van der Waals surface area (Å²) < 4.78 is 39.6. The number of hydrogen-bond donors (Lipinski definition) is 2. The van der Waals surface area contributed by atoms with Crippen LogP contribution in [0.1, 0.15) is 31.2 Å². The Balaban J connectivity index is 2.40. The molecule has 0 radical (unpaired) electrons. The summed E-state index contributed by atoms with van der Waals surface area (Å²) in [6.45, 7) is 3.37. The number of nitrogens with one attached hydrogen (secondary N) is 1. The van der Waals surface area contributed by atoms with Gasteiger partial charge < -0.3 is 11.1 Å². The van der Waals surface area contributed by atoms with E-state index in [9.17, 15) is 22.8 Å². The van der Waals surface area contributed by atoms with Crippen LogP contribution in [0.5, 0.6) is 0 Å². The number of aryl methyl sites for hydroxylation is 1. The van der Waals surface area contributed by atoms with Gasteiger partial charge in [-0.05, 0) is 31.5 Å². The maximum Gasteiger partial charge on any atom is 0.259 e. The molecule has 0 bridgehead atoms. The van der Waals surface area contributed by atoms with Gasteiger partial charge in [0, 0.05) is 4.88 Å². The Morgan fingerprint density at radius 2 is 1.77 bits per heavy atom. The van der Waals surface area contributed by atoms with E-state index in [1.165, 1.54) is 0 Å². The second-order valence-corrected chi connectivity index (χ2v) is 5.75. The van der Waals surface area contributed by atoms with Crippen molar-refractivity contribution in [2.45, 2.75) is 13.8 Å². The smallest absolute Gasteiger partial charge is 0.259 e. The monoisotopic (exact) mass is 328 g/mol. The van der Waals surface area contributed by atoms with Crippen LogP contribution in [0.4, 0.5) is 18.2 Å². The Labute approximate surface area is 127 Å². The summed E-state index contributed by atoms with van der Waals surface area (Å²) in [6.07, 6.45) is 0. The number of primary amides is 1. The number of carbonyl (C=O) groups excluding carboxylic acids is 2. The fourth-order valence-corrected chi connectivity index (χ4v) is 2.94. The summed E-state index contributed by atoms with van der Waals surface area (Å²) in [5.41, 5.74) is 5.29. The molecule has 0 atom stereocenters. The average Bonchev–Trinajstić information content (AvgIpc) is 2.71. The predicted molar refractivity (Wildman–Crippen MR) is 76.6 cm³/mol. The van der Waals surface area contributed by atoms with Gasteiger partial charge in [0.15, 0.2) is 17.5 Å². The minimum absolute atomic E-state index is 0.110. The Hall–Kier alpha value is -2.35. The molecule has 22 heavy (non-hydrogen) atoms. The Morgan fingerprint density at radius 3 is 2.36 bits per heavy atom. The van der Waals surface area contributed by atoms with E-state index in [1.807, 2.05) is 0 Å². The molecule has 0 saturated heterocycles. The van der Waals surface area contributed by atoms with Crippen molar-refractivity contribution in [3.63, 3.8) is 0 Å². The van der Waals surface area contributed by atoms with Crippen LogP contribution in [0.25, 0.3) is 0 Å². The van der Waals surface area contributed by atoms with Crippen LogP contribution in [0.15, 0.2) is 12.1 Å². The summed E-state index contributed by atoms with van der Waals surface area (Å²) >= 11 is 1.08. The van der Waals surface area contributed by atoms with Crippen LogP contribution in [-0.4, -0.2) is 11.8 Å². The third-order valence-corrected chi connectivity index (χ3v) is 4.26. The first-order valence-corrected chi connectivity index (χ1v) is 6.90. The van der Waals surface area contributed by atoms with E-state index in [0.717, 1.165) is 22.3 Å². The first-order valence-electron chi connectivity index (χ1n) is 6.08. The standard InChI is InChI=1S/C14H11F3N2O2S/c1-5-6(2)22-14(9(5)12(18)20)19-13(21)7-3-4-8(15)11(17)10(7)16/h3-4H,1-2H3,(H2,18,20)(H,19,21). The highest BCUT2D eigenvalue weighted by molar-refractivity contribution is 7.16. The lowest BCUT2D eigenvalue weighted by molar-refractivity contribution is 0.100. The molecule has 0 fully saturated rings. The van der Waals surface area contributed by atoms with E-state index in [4.69, 9.17) is 5.73 Å². The number of hydrogen-bond acceptors (Lipinski definition) is 3. The van der Waals surface area contributed by atoms with Crippen LogP contribution in [0.2, 0.25) is 0 Å². The van der Waals surface area contributed by atoms with Crippen LogP contribution in [0, 0.1) is 31.3 Å². The largest absolute Gasteiger partial charge is 0.365 e. The number of anilines is 1. The number of thiophene rings is 1. The lowest BCUT2D eigenvalue weighted by atomic mass is 10.1.